The molecule has 106 valence electrons. The number of ether oxygens (including phenoxy) is 1. The third-order valence-electron chi connectivity index (χ3n) is 4.54. The van der Waals surface area contributed by atoms with Gasteiger partial charge in [0.25, 0.3) is 0 Å². The highest BCUT2D eigenvalue weighted by molar-refractivity contribution is 6.03. The zero-order chi connectivity index (χ0) is 13.9. The van der Waals surface area contributed by atoms with E-state index in [0.717, 1.165) is 29.2 Å². The maximum absolute atomic E-state index is 11.7. The van der Waals surface area contributed by atoms with Crippen molar-refractivity contribution >= 4 is 11.9 Å². The van der Waals surface area contributed by atoms with Gasteiger partial charge in [-0.2, -0.15) is 0 Å². The Kier molecular flexibility index (Phi) is 3.90. The number of benzene rings is 1. The number of allylic oxidation sites excluding steroid dienone is 1. The lowest BCUT2D eigenvalue weighted by Crippen LogP contribution is -2.04. The fraction of sp³-hybridized carbons (Fsp3) is 0.500. The first-order chi connectivity index (χ1) is 9.75. The van der Waals surface area contributed by atoms with Gasteiger partial charge in [0.2, 0.25) is 5.78 Å². The van der Waals surface area contributed by atoms with Crippen LogP contribution in [0.2, 0.25) is 0 Å². The lowest BCUT2D eigenvalue weighted by molar-refractivity contribution is 0.0961. The first kappa shape index (κ1) is 13.4. The average Bonchev–Trinajstić information content (AvgIpc) is 2.84. The Balaban J connectivity index is 1.75. The van der Waals surface area contributed by atoms with Crippen LogP contribution in [0, 0.1) is 12.8 Å². The molecule has 0 amide bonds. The molecule has 1 aliphatic carbocycles. The van der Waals surface area contributed by atoms with E-state index in [1.807, 2.05) is 12.1 Å². The maximum atomic E-state index is 11.7. The van der Waals surface area contributed by atoms with Crippen LogP contribution in [0.25, 0.3) is 6.08 Å². The van der Waals surface area contributed by atoms with E-state index in [-0.39, 0.29) is 12.4 Å². The minimum Gasteiger partial charge on any atom is -0.484 e. The lowest BCUT2D eigenvalue weighted by Gasteiger charge is -2.19. The predicted molar refractivity (Wildman–Crippen MR) is 81.2 cm³/mol. The summed E-state index contributed by atoms with van der Waals surface area (Å²) >= 11 is 0. The smallest absolute Gasteiger partial charge is 0.203 e. The molecule has 0 spiro atoms. The van der Waals surface area contributed by atoms with E-state index < -0.39 is 0 Å². The topological polar surface area (TPSA) is 26.3 Å². The van der Waals surface area contributed by atoms with Gasteiger partial charge < -0.3 is 4.74 Å². The second kappa shape index (κ2) is 5.82. The molecule has 2 heteroatoms. The molecule has 0 radical (unpaired) electrons. The number of carbonyl (C=O) groups excluding carboxylic acids is 1. The molecule has 1 fully saturated rings. The first-order valence-corrected chi connectivity index (χ1v) is 7.72. The number of hydrogen-bond acceptors (Lipinski definition) is 2. The van der Waals surface area contributed by atoms with Crippen molar-refractivity contribution in [2.75, 3.05) is 6.61 Å². The van der Waals surface area contributed by atoms with Crippen molar-refractivity contribution in [3.05, 3.63) is 34.9 Å². The van der Waals surface area contributed by atoms with Gasteiger partial charge in [-0.05, 0) is 30.9 Å². The summed E-state index contributed by atoms with van der Waals surface area (Å²) in [5.74, 6) is 1.73. The quantitative estimate of drug-likeness (QED) is 0.805. The minimum absolute atomic E-state index is 0.0990. The van der Waals surface area contributed by atoms with Crippen molar-refractivity contribution < 1.29 is 9.53 Å². The summed E-state index contributed by atoms with van der Waals surface area (Å²) in [6, 6.07) is 3.91. The molecule has 0 unspecified atom stereocenters. The van der Waals surface area contributed by atoms with Crippen LogP contribution >= 0.6 is 0 Å². The van der Waals surface area contributed by atoms with Gasteiger partial charge in [0.05, 0.1) is 5.56 Å². The third-order valence-corrected chi connectivity index (χ3v) is 4.54. The van der Waals surface area contributed by atoms with Crippen LogP contribution in [0.15, 0.2) is 18.2 Å². The molecule has 0 atom stereocenters. The van der Waals surface area contributed by atoms with E-state index in [4.69, 9.17) is 4.74 Å². The van der Waals surface area contributed by atoms with E-state index in [1.165, 1.54) is 37.7 Å². The number of ketones is 1. The van der Waals surface area contributed by atoms with Gasteiger partial charge in [-0.3, -0.25) is 4.79 Å². The molecule has 1 heterocycles. The van der Waals surface area contributed by atoms with Gasteiger partial charge in [-0.15, -0.1) is 0 Å². The molecule has 1 aliphatic heterocycles. The summed E-state index contributed by atoms with van der Waals surface area (Å²) in [5.41, 5.74) is 3.01. The van der Waals surface area contributed by atoms with Gasteiger partial charge in [-0.25, -0.2) is 0 Å². The molecule has 2 aliphatic rings. The number of fused-ring (bicyclic) bond motifs is 1. The van der Waals surface area contributed by atoms with Gasteiger partial charge in [0.1, 0.15) is 5.75 Å². The van der Waals surface area contributed by atoms with Crippen LogP contribution < -0.4 is 4.74 Å². The molecular weight excluding hydrogens is 248 g/mol. The lowest BCUT2D eigenvalue weighted by atomic mass is 9.87. The Morgan fingerprint density at radius 3 is 2.85 bits per heavy atom. The molecule has 1 aromatic carbocycles. The van der Waals surface area contributed by atoms with E-state index in [1.54, 1.807) is 0 Å². The van der Waals surface area contributed by atoms with Crippen LogP contribution in [0.1, 0.15) is 60.0 Å². The summed E-state index contributed by atoms with van der Waals surface area (Å²) in [6.07, 6.45) is 12.5. The Morgan fingerprint density at radius 1 is 1.25 bits per heavy atom. The molecule has 0 aromatic heterocycles. The standard InChI is InChI=1S/C18H22O2/c1-13-10-11-16-17(19)12-20-18(16)15(13)9-5-8-14-6-3-2-4-7-14/h5,9-11,14H,2-4,6-8,12H2,1H3/b9-5-. The van der Waals surface area contributed by atoms with Crippen LogP contribution in [0.4, 0.5) is 0 Å². The molecule has 1 aromatic rings. The van der Waals surface area contributed by atoms with Crippen LogP contribution in [0.3, 0.4) is 0 Å². The summed E-state index contributed by atoms with van der Waals surface area (Å²) in [6.45, 7) is 2.27. The van der Waals surface area contributed by atoms with E-state index in [2.05, 4.69) is 19.1 Å². The monoisotopic (exact) mass is 270 g/mol. The van der Waals surface area contributed by atoms with Crippen molar-refractivity contribution in [3.63, 3.8) is 0 Å². The highest BCUT2D eigenvalue weighted by atomic mass is 16.5. The van der Waals surface area contributed by atoms with Crippen LogP contribution in [0.5, 0.6) is 5.75 Å². The number of hydrogen-bond donors (Lipinski definition) is 0. The second-order valence-corrected chi connectivity index (χ2v) is 6.03. The zero-order valence-electron chi connectivity index (χ0n) is 12.2. The number of Topliss-reactive ketones (excluding diaryl/α,β-unsaturated/α-hetero) is 1. The van der Waals surface area contributed by atoms with Crippen molar-refractivity contribution in [1.29, 1.82) is 0 Å². The molecular formula is C18H22O2. The number of aryl methyl sites for hydroxylation is 1. The Morgan fingerprint density at radius 2 is 2.05 bits per heavy atom. The molecule has 0 bridgehead atoms. The fourth-order valence-electron chi connectivity index (χ4n) is 3.30. The third kappa shape index (κ3) is 2.65. The normalized spacial score (nSPS) is 19.4. The van der Waals surface area contributed by atoms with Crippen molar-refractivity contribution in [2.45, 2.75) is 45.4 Å². The molecule has 0 N–H and O–H groups in total. The summed E-state index contributed by atoms with van der Waals surface area (Å²) in [4.78, 5) is 11.7. The molecule has 20 heavy (non-hydrogen) atoms. The maximum Gasteiger partial charge on any atom is 0.203 e. The van der Waals surface area contributed by atoms with Crippen molar-refractivity contribution in [2.24, 2.45) is 5.92 Å². The Labute approximate surface area is 120 Å². The van der Waals surface area contributed by atoms with Crippen molar-refractivity contribution in [3.8, 4) is 5.75 Å². The van der Waals surface area contributed by atoms with Gasteiger partial charge in [0.15, 0.2) is 6.61 Å². The second-order valence-electron chi connectivity index (χ2n) is 6.03. The van der Waals surface area contributed by atoms with Crippen molar-refractivity contribution in [1.82, 2.24) is 0 Å². The number of carbonyl (C=O) groups is 1. The summed E-state index contributed by atoms with van der Waals surface area (Å²) in [5, 5.41) is 0. The Bertz CT molecular complexity index is 537. The minimum atomic E-state index is 0.0990. The van der Waals surface area contributed by atoms with Gasteiger partial charge in [-0.1, -0.05) is 50.3 Å². The van der Waals surface area contributed by atoms with E-state index in [9.17, 15) is 4.79 Å². The summed E-state index contributed by atoms with van der Waals surface area (Å²) < 4.78 is 5.56. The predicted octanol–water partition coefficient (Wildman–Crippen LogP) is 4.55. The highest BCUT2D eigenvalue weighted by Crippen LogP contribution is 2.33. The molecule has 2 nitrogen and oxygen atoms in total. The highest BCUT2D eigenvalue weighted by Gasteiger charge is 2.24. The number of rotatable bonds is 3. The first-order valence-electron chi connectivity index (χ1n) is 7.72. The van der Waals surface area contributed by atoms with Crippen LogP contribution in [-0.4, -0.2) is 12.4 Å². The fourth-order valence-corrected chi connectivity index (χ4v) is 3.30. The van der Waals surface area contributed by atoms with Crippen LogP contribution in [-0.2, 0) is 0 Å². The molecule has 0 saturated heterocycles. The van der Waals surface area contributed by atoms with Gasteiger partial charge in [0, 0.05) is 5.56 Å². The molecule has 1 saturated carbocycles. The SMILES string of the molecule is Cc1ccc2c(c1/C=C\CC1CCCCC1)OCC2=O. The largest absolute Gasteiger partial charge is 0.484 e. The Hall–Kier alpha value is -1.57. The summed E-state index contributed by atoms with van der Waals surface area (Å²) in [7, 11) is 0. The zero-order valence-corrected chi connectivity index (χ0v) is 12.2. The molecule has 3 rings (SSSR count). The van der Waals surface area contributed by atoms with Gasteiger partial charge >= 0.3 is 0 Å². The van der Waals surface area contributed by atoms with E-state index in [0.29, 0.717) is 0 Å². The van der Waals surface area contributed by atoms with E-state index >= 15 is 0 Å². The average molecular weight is 270 g/mol.